The molecule has 0 aliphatic carbocycles. The molecule has 0 unspecified atom stereocenters. The van der Waals surface area contributed by atoms with E-state index in [9.17, 15) is 0 Å². The molecule has 0 heterocycles. The first kappa shape index (κ1) is 116. The van der Waals surface area contributed by atoms with Gasteiger partial charge in [-0.25, -0.2) is 0 Å². The molecular weight excluding hydrogens is 1500 g/mol. The Morgan fingerprint density at radius 1 is 0.120 bits per heavy atom. The molecule has 0 bridgehead atoms. The molecule has 11 aromatic carbocycles. The van der Waals surface area contributed by atoms with Gasteiger partial charge in [0.1, 0.15) is 0 Å². The molecule has 0 saturated carbocycles. The number of benzene rings is 11. The minimum Gasteiger partial charge on any atom is -0.0683 e. The van der Waals surface area contributed by atoms with Gasteiger partial charge in [0, 0.05) is 0 Å². The molecule has 0 nitrogen and oxygen atoms in total. The van der Waals surface area contributed by atoms with Crippen molar-refractivity contribution in [2.75, 3.05) is 0 Å². The Morgan fingerprint density at radius 3 is 0.584 bits per heavy atom. The highest BCUT2D eigenvalue weighted by Gasteiger charge is 2.11. The topological polar surface area (TPSA) is 0 Å². The summed E-state index contributed by atoms with van der Waals surface area (Å²) in [7, 11) is 0. The molecule has 0 aromatic heterocycles. The molecule has 0 N–H and O–H groups in total. The van der Waals surface area contributed by atoms with Crippen LogP contribution in [0.3, 0.4) is 0 Å². The van der Waals surface area contributed by atoms with Gasteiger partial charge >= 0.3 is 0 Å². The van der Waals surface area contributed by atoms with Crippen molar-refractivity contribution in [3.05, 3.63) is 386 Å². The van der Waals surface area contributed by atoms with Gasteiger partial charge < -0.3 is 0 Å². The normalized spacial score (nSPS) is 9.98. The van der Waals surface area contributed by atoms with Gasteiger partial charge in [-0.1, -0.05) is 438 Å². The standard InChI is InChI=1S/3C14H22.3C12H18.3C10H14.C8H10.C7H8.C2H6/c1-5-11-9-13(7-3)14(8-4)10-12(11)6-2;1-5-11-9-12(6-2)14(8-4)13(7-3)10-11;1-5-11-9-10-12(6-2)14(8-4)13(11)7-3;1-4-10-7-11(5-2)9-12(6-3)8-10;1-4-10-7-8-11(5-2)12(6-3)9-10;1-4-10-8-7-9-11(5-2)12(10)6-3;1-3-9-5-7-10(4-2)8-6-9;1-3-9-6-5-7-10(4-2)8-9;1-3-9-7-5-6-8-10(9)4-2;1-2-8-6-4-3-5-7-8;1-7-5-3-2-4-6-7;1-2/h3*9-10H,5-8H2,1-4H3;3*7-9H,4-6H2,1-3H3;3*5-8H,3-4H2,1-2H3;3-7H,2H2,1H3;2-6H,1H3;1-2H3. The Balaban J connectivity index is 0.00000136. The van der Waals surface area contributed by atoms with Gasteiger partial charge in [-0.15, -0.1) is 0 Å². The van der Waals surface area contributed by atoms with Crippen molar-refractivity contribution >= 4 is 0 Å². The third-order valence-electron chi connectivity index (χ3n) is 24.1. The molecule has 0 heteroatoms. The van der Waals surface area contributed by atoms with Crippen molar-refractivity contribution in [2.45, 2.75) is 394 Å². The van der Waals surface area contributed by atoms with E-state index >= 15 is 0 Å². The van der Waals surface area contributed by atoms with Crippen molar-refractivity contribution < 1.29 is 0 Å². The SMILES string of the molecule is CC.CCc1cc(CC)c(CC)c(CC)c1.CCc1cc(CC)c(CC)cc1CC.CCc1cc(CC)cc(CC)c1.CCc1ccc(CC)c(CC)c1.CCc1ccc(CC)c(CC)c1CC.CCc1ccc(CC)cc1.CCc1cccc(CC)c1.CCc1cccc(CC)c1CC.CCc1ccccc1.CCc1ccccc1CC.Cc1ccccc1. The molecular formula is C125H186. The summed E-state index contributed by atoms with van der Waals surface area (Å²) in [4.78, 5) is 0. The fourth-order valence-electron chi connectivity index (χ4n) is 16.0. The monoisotopic (exact) mass is 1690 g/mol. The zero-order valence-electron chi connectivity index (χ0n) is 86.7. The minimum absolute atomic E-state index is 1.14. The van der Waals surface area contributed by atoms with Gasteiger partial charge in [0.2, 0.25) is 0 Å². The Morgan fingerprint density at radius 2 is 0.312 bits per heavy atom. The van der Waals surface area contributed by atoms with E-state index in [0.29, 0.717) is 0 Å². The first-order chi connectivity index (χ1) is 60.7. The van der Waals surface area contributed by atoms with E-state index in [1.54, 1.807) is 66.8 Å². The highest BCUT2D eigenvalue weighted by molar-refractivity contribution is 5.44. The fraction of sp³-hybridized carbons (Fsp3) is 0.472. The highest BCUT2D eigenvalue weighted by Crippen LogP contribution is 2.25. The maximum Gasteiger partial charge on any atom is -0.0302 e. The average Bonchev–Trinajstić information content (AvgIpc) is 0.792. The predicted molar refractivity (Wildman–Crippen MR) is 570 cm³/mol. The molecule has 0 atom stereocenters. The second-order valence-electron chi connectivity index (χ2n) is 31.9. The second kappa shape index (κ2) is 73.5. The van der Waals surface area contributed by atoms with Gasteiger partial charge in [0.25, 0.3) is 0 Å². The number of hydrogen-bond acceptors (Lipinski definition) is 0. The van der Waals surface area contributed by atoms with Gasteiger partial charge in [0.15, 0.2) is 0 Å². The van der Waals surface area contributed by atoms with E-state index in [4.69, 9.17) is 0 Å². The molecule has 0 fully saturated rings. The highest BCUT2D eigenvalue weighted by atomic mass is 14.2. The molecule has 11 aromatic rings. The summed E-state index contributed by atoms with van der Waals surface area (Å²) in [6, 6.07) is 81.7. The van der Waals surface area contributed by atoms with Crippen molar-refractivity contribution in [1.82, 2.24) is 0 Å². The fourth-order valence-corrected chi connectivity index (χ4v) is 16.0. The Hall–Kier alpha value is -8.58. The zero-order valence-corrected chi connectivity index (χ0v) is 86.7. The first-order valence-electron chi connectivity index (χ1n) is 50.7. The lowest BCUT2D eigenvalue weighted by Crippen LogP contribution is -2.01. The molecule has 0 spiro atoms. The lowest BCUT2D eigenvalue weighted by atomic mass is 9.90. The second-order valence-corrected chi connectivity index (χ2v) is 31.9. The van der Waals surface area contributed by atoms with Crippen LogP contribution in [0.4, 0.5) is 0 Å². The molecule has 125 heavy (non-hydrogen) atoms. The summed E-state index contributed by atoms with van der Waals surface area (Å²) >= 11 is 0. The smallest absolute Gasteiger partial charge is 0.0302 e. The van der Waals surface area contributed by atoms with E-state index in [1.165, 1.54) is 172 Å². The molecule has 0 amide bonds. The summed E-state index contributed by atoms with van der Waals surface area (Å²) in [6.07, 6.45) is 32.5. The van der Waals surface area contributed by atoms with Crippen LogP contribution in [0.25, 0.3) is 0 Å². The molecule has 0 radical (unpaired) electrons. The quantitative estimate of drug-likeness (QED) is 0.0458. The van der Waals surface area contributed by atoms with Crippen molar-refractivity contribution in [3.8, 4) is 0 Å². The van der Waals surface area contributed by atoms with Crippen LogP contribution < -0.4 is 0 Å². The molecule has 0 saturated heterocycles. The largest absolute Gasteiger partial charge is 0.0683 e. The number of hydrogen-bond donors (Lipinski definition) is 0. The lowest BCUT2D eigenvalue weighted by molar-refractivity contribution is 0.945. The summed E-state index contributed by atoms with van der Waals surface area (Å²) in [5.74, 6) is 0. The van der Waals surface area contributed by atoms with Crippen LogP contribution in [0, 0.1) is 6.92 Å². The Labute approximate surface area is 775 Å². The number of aryl methyl sites for hydroxylation is 25. The summed E-state index contributed by atoms with van der Waals surface area (Å²) in [5.41, 5.74) is 43.7. The van der Waals surface area contributed by atoms with E-state index < -0.39 is 0 Å². The van der Waals surface area contributed by atoms with Crippen molar-refractivity contribution in [3.63, 3.8) is 0 Å². The zero-order chi connectivity index (χ0) is 93.7. The predicted octanol–water partition coefficient (Wildman–Crippen LogP) is 35.6. The van der Waals surface area contributed by atoms with Crippen LogP contribution in [0.5, 0.6) is 0 Å². The van der Waals surface area contributed by atoms with Crippen LogP contribution in [0.2, 0.25) is 0 Å². The summed E-state index contributed by atoms with van der Waals surface area (Å²) < 4.78 is 0. The average molecular weight is 1690 g/mol. The van der Waals surface area contributed by atoms with Crippen LogP contribution in [-0.4, -0.2) is 0 Å². The minimum atomic E-state index is 1.14. The van der Waals surface area contributed by atoms with Gasteiger partial charge in [0.05, 0.1) is 0 Å². The lowest BCUT2D eigenvalue weighted by Gasteiger charge is -2.15. The first-order valence-corrected chi connectivity index (χ1v) is 50.7. The van der Waals surface area contributed by atoms with Gasteiger partial charge in [-0.2, -0.15) is 0 Å². The third-order valence-corrected chi connectivity index (χ3v) is 24.1. The maximum atomic E-state index is 2.41. The molecule has 0 aliphatic heterocycles. The van der Waals surface area contributed by atoms with E-state index in [0.717, 1.165) is 103 Å². The number of rotatable bonds is 28. The molecule has 686 valence electrons. The van der Waals surface area contributed by atoms with Crippen LogP contribution in [-0.2, 0) is 180 Å². The van der Waals surface area contributed by atoms with E-state index in [2.05, 4.69) is 401 Å². The van der Waals surface area contributed by atoms with Crippen LogP contribution >= 0.6 is 0 Å². The summed E-state index contributed by atoms with van der Waals surface area (Å²) in [6.45, 7) is 68.5. The van der Waals surface area contributed by atoms with Crippen LogP contribution in [0.1, 0.15) is 369 Å². The van der Waals surface area contributed by atoms with E-state index in [-0.39, 0.29) is 0 Å². The summed E-state index contributed by atoms with van der Waals surface area (Å²) in [5, 5.41) is 0. The van der Waals surface area contributed by atoms with Gasteiger partial charge in [-0.05, 0) is 342 Å². The Bertz CT molecular complexity index is 4210. The molecule has 0 aliphatic rings. The van der Waals surface area contributed by atoms with Crippen molar-refractivity contribution in [1.29, 1.82) is 0 Å². The molecule has 11 rings (SSSR count). The van der Waals surface area contributed by atoms with Gasteiger partial charge in [-0.3, -0.25) is 0 Å². The third kappa shape index (κ3) is 44.6. The Kier molecular flexibility index (Phi) is 68.4. The van der Waals surface area contributed by atoms with Crippen LogP contribution in [0.15, 0.2) is 224 Å². The maximum absolute atomic E-state index is 2.41. The van der Waals surface area contributed by atoms with Crippen molar-refractivity contribution in [2.24, 2.45) is 0 Å². The van der Waals surface area contributed by atoms with E-state index in [1.807, 2.05) is 38.1 Å².